The van der Waals surface area contributed by atoms with Gasteiger partial charge in [0.2, 0.25) is 0 Å². The molecule has 0 spiro atoms. The van der Waals surface area contributed by atoms with E-state index >= 15 is 0 Å². The number of esters is 1. The molecule has 0 bridgehead atoms. The number of ether oxygens (including phenoxy) is 1. The van der Waals surface area contributed by atoms with E-state index in [2.05, 4.69) is 25.7 Å². The Morgan fingerprint density at radius 1 is 1.60 bits per heavy atom. The molecule has 15 heavy (non-hydrogen) atoms. The fraction of sp³-hybridized carbons (Fsp3) is 0.333. The largest absolute Gasteiger partial charge is 0.464 e. The lowest BCUT2D eigenvalue weighted by molar-refractivity contribution is 0.0592. The van der Waals surface area contributed by atoms with Crippen LogP contribution in [0.25, 0.3) is 0 Å². The van der Waals surface area contributed by atoms with Crippen molar-refractivity contribution in [3.8, 4) is 0 Å². The first-order valence-corrected chi connectivity index (χ1v) is 4.79. The molecule has 0 aliphatic carbocycles. The van der Waals surface area contributed by atoms with Gasteiger partial charge >= 0.3 is 5.97 Å². The van der Waals surface area contributed by atoms with E-state index in [4.69, 9.17) is 0 Å². The molecule has 0 unspecified atom stereocenters. The third-order valence-corrected chi connectivity index (χ3v) is 2.55. The Morgan fingerprint density at radius 3 is 2.67 bits per heavy atom. The Morgan fingerprint density at radius 2 is 2.20 bits per heavy atom. The topological polar surface area (TPSA) is 39.2 Å². The first kappa shape index (κ1) is 12.0. The summed E-state index contributed by atoms with van der Waals surface area (Å²) in [5.74, 6) is -0.720. The molecule has 0 atom stereocenters. The Hall–Kier alpha value is -1.04. The van der Waals surface area contributed by atoms with Gasteiger partial charge in [0.15, 0.2) is 5.69 Å². The predicted octanol–water partition coefficient (Wildman–Crippen LogP) is 2.88. The maximum Gasteiger partial charge on any atom is 0.356 e. The Bertz CT molecular complexity index is 396. The highest BCUT2D eigenvalue weighted by Crippen LogP contribution is 2.31. The van der Waals surface area contributed by atoms with Crippen molar-refractivity contribution >= 4 is 21.9 Å². The Kier molecular flexibility index (Phi) is 3.73. The summed E-state index contributed by atoms with van der Waals surface area (Å²) in [5, 5.41) is 0. The molecular weight excluding hydrogens is 272 g/mol. The highest BCUT2D eigenvalue weighted by Gasteiger charge is 2.21. The summed E-state index contributed by atoms with van der Waals surface area (Å²) in [6.07, 6.45) is -1.49. The van der Waals surface area contributed by atoms with Crippen molar-refractivity contribution in [3.05, 3.63) is 27.5 Å². The van der Waals surface area contributed by atoms with E-state index < -0.39 is 12.4 Å². The van der Waals surface area contributed by atoms with Crippen LogP contribution in [0.2, 0.25) is 0 Å². The Balaban J connectivity index is 3.35. The van der Waals surface area contributed by atoms with E-state index in [1.165, 1.54) is 20.2 Å². The smallest absolute Gasteiger partial charge is 0.356 e. The van der Waals surface area contributed by atoms with E-state index in [1.807, 2.05) is 0 Å². The molecule has 0 N–H and O–H groups in total. The van der Waals surface area contributed by atoms with Gasteiger partial charge in [-0.15, -0.1) is 0 Å². The molecule has 1 aromatic heterocycles. The molecule has 6 heteroatoms. The zero-order valence-electron chi connectivity index (χ0n) is 8.05. The molecule has 0 radical (unpaired) electrons. The zero-order valence-corrected chi connectivity index (χ0v) is 9.64. The third-order valence-electron chi connectivity index (χ3n) is 1.92. The van der Waals surface area contributed by atoms with Gasteiger partial charge in [0.25, 0.3) is 6.43 Å². The Labute approximate surface area is 93.6 Å². The molecule has 0 aliphatic rings. The minimum absolute atomic E-state index is 0.0870. The average Bonchev–Trinajstić information content (AvgIpc) is 2.16. The van der Waals surface area contributed by atoms with Crippen LogP contribution in [0.4, 0.5) is 8.78 Å². The molecule has 0 fully saturated rings. The van der Waals surface area contributed by atoms with Gasteiger partial charge in [0.05, 0.1) is 7.11 Å². The van der Waals surface area contributed by atoms with Crippen LogP contribution >= 0.6 is 15.9 Å². The number of alkyl halides is 2. The monoisotopic (exact) mass is 279 g/mol. The summed E-state index contributed by atoms with van der Waals surface area (Å²) in [4.78, 5) is 14.9. The van der Waals surface area contributed by atoms with E-state index in [9.17, 15) is 13.6 Å². The van der Waals surface area contributed by atoms with E-state index in [0.29, 0.717) is 0 Å². The van der Waals surface area contributed by atoms with Crippen LogP contribution in [-0.2, 0) is 4.74 Å². The van der Waals surface area contributed by atoms with Crippen LogP contribution in [0.1, 0.15) is 28.0 Å². The van der Waals surface area contributed by atoms with Crippen molar-refractivity contribution < 1.29 is 18.3 Å². The minimum Gasteiger partial charge on any atom is -0.464 e. The fourth-order valence-corrected chi connectivity index (χ4v) is 1.74. The van der Waals surface area contributed by atoms with Gasteiger partial charge in [0.1, 0.15) is 0 Å². The van der Waals surface area contributed by atoms with Crippen molar-refractivity contribution in [1.29, 1.82) is 0 Å². The molecule has 0 aromatic carbocycles. The van der Waals surface area contributed by atoms with Crippen molar-refractivity contribution in [1.82, 2.24) is 4.98 Å². The van der Waals surface area contributed by atoms with Crippen molar-refractivity contribution in [2.75, 3.05) is 7.11 Å². The molecular formula is C9H8BrF2NO2. The van der Waals surface area contributed by atoms with Crippen LogP contribution in [0.3, 0.4) is 0 Å². The quantitative estimate of drug-likeness (QED) is 0.782. The van der Waals surface area contributed by atoms with E-state index in [0.717, 1.165) is 0 Å². The van der Waals surface area contributed by atoms with Crippen LogP contribution < -0.4 is 0 Å². The number of pyridine rings is 1. The van der Waals surface area contributed by atoms with Crippen LogP contribution in [-0.4, -0.2) is 18.1 Å². The van der Waals surface area contributed by atoms with Gasteiger partial charge in [-0.3, -0.25) is 0 Å². The van der Waals surface area contributed by atoms with Crippen LogP contribution in [0.15, 0.2) is 10.7 Å². The molecule has 0 saturated heterocycles. The summed E-state index contributed by atoms with van der Waals surface area (Å²) < 4.78 is 29.9. The van der Waals surface area contributed by atoms with E-state index in [-0.39, 0.29) is 21.3 Å². The molecule has 1 aromatic rings. The van der Waals surface area contributed by atoms with Gasteiger partial charge < -0.3 is 4.74 Å². The molecule has 1 rings (SSSR count). The molecule has 0 aliphatic heterocycles. The number of hydrogen-bond acceptors (Lipinski definition) is 3. The molecule has 82 valence electrons. The van der Waals surface area contributed by atoms with Crippen molar-refractivity contribution in [3.63, 3.8) is 0 Å². The van der Waals surface area contributed by atoms with Gasteiger partial charge in [-0.25, -0.2) is 18.6 Å². The number of carbonyl (C=O) groups is 1. The first-order valence-electron chi connectivity index (χ1n) is 4.00. The van der Waals surface area contributed by atoms with Crippen LogP contribution in [0.5, 0.6) is 0 Å². The lowest BCUT2D eigenvalue weighted by atomic mass is 10.1. The lowest BCUT2D eigenvalue weighted by Gasteiger charge is -2.10. The van der Waals surface area contributed by atoms with Gasteiger partial charge in [-0.05, 0) is 28.4 Å². The van der Waals surface area contributed by atoms with Crippen molar-refractivity contribution in [2.45, 2.75) is 13.3 Å². The van der Waals surface area contributed by atoms with E-state index in [1.54, 1.807) is 0 Å². The first-order chi connectivity index (χ1) is 6.99. The second-order valence-electron chi connectivity index (χ2n) is 2.79. The SMILES string of the molecule is COC(=O)c1ncc(Br)c(C(F)F)c1C. The minimum atomic E-state index is -2.66. The maximum atomic E-state index is 12.6. The van der Waals surface area contributed by atoms with Gasteiger partial charge in [0, 0.05) is 16.2 Å². The highest BCUT2D eigenvalue weighted by atomic mass is 79.9. The summed E-state index contributed by atoms with van der Waals surface area (Å²) in [6, 6.07) is 0. The number of halogens is 3. The van der Waals surface area contributed by atoms with Crippen molar-refractivity contribution in [2.24, 2.45) is 0 Å². The number of aromatic nitrogens is 1. The standard InChI is InChI=1S/C9H8BrF2NO2/c1-4-6(8(11)12)5(10)3-13-7(4)9(14)15-2/h3,8H,1-2H3. The summed E-state index contributed by atoms with van der Waals surface area (Å²) >= 11 is 2.96. The highest BCUT2D eigenvalue weighted by molar-refractivity contribution is 9.10. The molecule has 1 heterocycles. The number of rotatable bonds is 2. The second kappa shape index (κ2) is 4.65. The van der Waals surface area contributed by atoms with Gasteiger partial charge in [-0.2, -0.15) is 0 Å². The summed E-state index contributed by atoms with van der Waals surface area (Å²) in [5.41, 5.74) is -0.187. The number of nitrogens with zero attached hydrogens (tertiary/aromatic N) is 1. The molecule has 3 nitrogen and oxygen atoms in total. The summed E-state index contributed by atoms with van der Waals surface area (Å²) in [6.45, 7) is 1.41. The number of methoxy groups -OCH3 is 1. The normalized spacial score (nSPS) is 10.5. The molecule has 0 amide bonds. The zero-order chi connectivity index (χ0) is 11.6. The van der Waals surface area contributed by atoms with Crippen LogP contribution in [0, 0.1) is 6.92 Å². The third kappa shape index (κ3) is 2.31. The fourth-order valence-electron chi connectivity index (χ4n) is 1.16. The average molecular weight is 280 g/mol. The summed E-state index contributed by atoms with van der Waals surface area (Å²) in [7, 11) is 1.17. The predicted molar refractivity (Wildman–Crippen MR) is 53.0 cm³/mol. The maximum absolute atomic E-state index is 12.6. The van der Waals surface area contributed by atoms with Gasteiger partial charge in [-0.1, -0.05) is 0 Å². The number of carbonyl (C=O) groups excluding carboxylic acids is 1. The number of hydrogen-bond donors (Lipinski definition) is 0. The molecule has 0 saturated carbocycles. The lowest BCUT2D eigenvalue weighted by Crippen LogP contribution is -2.09. The second-order valence-corrected chi connectivity index (χ2v) is 3.64.